The summed E-state index contributed by atoms with van der Waals surface area (Å²) in [6.07, 6.45) is 1.79. The Hall–Kier alpha value is -4.14. The zero-order chi connectivity index (χ0) is 29.1. The molecule has 1 atom stereocenters. The van der Waals surface area contributed by atoms with Crippen molar-refractivity contribution in [2.45, 2.75) is 33.4 Å². The number of halogens is 1. The molecule has 3 aromatic carbocycles. The van der Waals surface area contributed by atoms with Crippen LogP contribution >= 0.6 is 22.9 Å². The Labute approximate surface area is 246 Å². The second-order valence-electron chi connectivity index (χ2n) is 9.54. The molecular weight excluding hydrogens is 560 g/mol. The fourth-order valence-corrected chi connectivity index (χ4v) is 5.95. The molecule has 9 heteroatoms. The first-order valence-corrected chi connectivity index (χ1v) is 14.3. The van der Waals surface area contributed by atoms with Crippen LogP contribution in [0.2, 0.25) is 5.02 Å². The Kier molecular flexibility index (Phi) is 8.42. The summed E-state index contributed by atoms with van der Waals surface area (Å²) in [6, 6.07) is 20.1. The lowest BCUT2D eigenvalue weighted by Gasteiger charge is -2.24. The maximum atomic E-state index is 13.9. The second kappa shape index (κ2) is 12.2. The number of methoxy groups -OCH3 is 1. The number of carbonyl (C=O) groups excluding carboxylic acids is 1. The normalized spacial score (nSPS) is 14.9. The van der Waals surface area contributed by atoms with E-state index in [4.69, 9.17) is 25.8 Å². The number of carbonyl (C=O) groups is 1. The van der Waals surface area contributed by atoms with Crippen molar-refractivity contribution in [2.24, 2.45) is 4.99 Å². The van der Waals surface area contributed by atoms with Crippen molar-refractivity contribution in [1.82, 2.24) is 4.57 Å². The molecule has 0 saturated carbocycles. The number of ether oxygens (including phenoxy) is 3. The standard InChI is InChI=1S/C32H29ClN2O5S/c1-5-39-31(37)28-20(3)34-32-35(29(28)23-12-9-19(2)10-13-23)30(36)27(41-32)17-21-11-14-25(26(16-21)38-4)40-18-22-7-6-8-24(33)15-22/h6-17,29H,5,18H2,1-4H3/b27-17-/t29-/m1/s1. The highest BCUT2D eigenvalue weighted by Crippen LogP contribution is 2.31. The van der Waals surface area contributed by atoms with E-state index in [0.717, 1.165) is 22.3 Å². The molecule has 0 spiro atoms. The third kappa shape index (κ3) is 5.99. The Morgan fingerprint density at radius 2 is 1.85 bits per heavy atom. The summed E-state index contributed by atoms with van der Waals surface area (Å²) in [7, 11) is 1.57. The molecule has 1 aliphatic heterocycles. The Morgan fingerprint density at radius 3 is 2.56 bits per heavy atom. The molecule has 0 amide bonds. The number of nitrogens with zero attached hydrogens (tertiary/aromatic N) is 2. The number of hydrogen-bond donors (Lipinski definition) is 0. The third-order valence-corrected chi connectivity index (χ3v) is 7.90. The van der Waals surface area contributed by atoms with E-state index < -0.39 is 12.0 Å². The van der Waals surface area contributed by atoms with Crippen molar-refractivity contribution in [1.29, 1.82) is 0 Å². The van der Waals surface area contributed by atoms with Gasteiger partial charge in [0.15, 0.2) is 16.3 Å². The number of fused-ring (bicyclic) bond motifs is 1. The van der Waals surface area contributed by atoms with Crippen LogP contribution in [0.3, 0.4) is 0 Å². The number of benzene rings is 3. The smallest absolute Gasteiger partial charge is 0.338 e. The maximum Gasteiger partial charge on any atom is 0.338 e. The van der Waals surface area contributed by atoms with E-state index in [9.17, 15) is 9.59 Å². The van der Waals surface area contributed by atoms with E-state index in [-0.39, 0.29) is 12.2 Å². The highest BCUT2D eigenvalue weighted by atomic mass is 35.5. The van der Waals surface area contributed by atoms with Crippen LogP contribution < -0.4 is 24.4 Å². The van der Waals surface area contributed by atoms with Gasteiger partial charge in [0, 0.05) is 5.02 Å². The Morgan fingerprint density at radius 1 is 1.07 bits per heavy atom. The van der Waals surface area contributed by atoms with E-state index in [0.29, 0.717) is 43.7 Å². The minimum absolute atomic E-state index is 0.224. The van der Waals surface area contributed by atoms with Gasteiger partial charge in [-0.05, 0) is 67.8 Å². The lowest BCUT2D eigenvalue weighted by atomic mass is 9.95. The number of hydrogen-bond acceptors (Lipinski definition) is 7. The van der Waals surface area contributed by atoms with Crippen LogP contribution in [0.15, 0.2) is 87.8 Å². The molecule has 0 radical (unpaired) electrons. The zero-order valence-electron chi connectivity index (χ0n) is 23.1. The molecule has 7 nitrogen and oxygen atoms in total. The summed E-state index contributed by atoms with van der Waals surface area (Å²) in [5.41, 5.74) is 4.23. The van der Waals surface area contributed by atoms with Gasteiger partial charge in [0.05, 0.1) is 35.6 Å². The fourth-order valence-electron chi connectivity index (χ4n) is 4.69. The van der Waals surface area contributed by atoms with E-state index in [1.165, 1.54) is 11.3 Å². The average Bonchev–Trinajstić information content (AvgIpc) is 3.26. The number of aryl methyl sites for hydroxylation is 1. The summed E-state index contributed by atoms with van der Waals surface area (Å²) in [6.45, 7) is 6.07. The third-order valence-electron chi connectivity index (χ3n) is 6.68. The monoisotopic (exact) mass is 588 g/mol. The highest BCUT2D eigenvalue weighted by Gasteiger charge is 2.33. The maximum absolute atomic E-state index is 13.9. The number of aromatic nitrogens is 1. The molecule has 0 fully saturated rings. The van der Waals surface area contributed by atoms with E-state index in [2.05, 4.69) is 4.99 Å². The summed E-state index contributed by atoms with van der Waals surface area (Å²) in [4.78, 5) is 32.1. The molecule has 0 unspecified atom stereocenters. The van der Waals surface area contributed by atoms with Gasteiger partial charge in [-0.15, -0.1) is 0 Å². The first kappa shape index (κ1) is 28.4. The van der Waals surface area contributed by atoms with Crippen molar-refractivity contribution < 1.29 is 19.0 Å². The molecule has 4 aromatic rings. The lowest BCUT2D eigenvalue weighted by molar-refractivity contribution is -0.139. The van der Waals surface area contributed by atoms with Gasteiger partial charge in [0.25, 0.3) is 5.56 Å². The first-order chi connectivity index (χ1) is 19.8. The van der Waals surface area contributed by atoms with Crippen LogP contribution in [-0.2, 0) is 16.1 Å². The van der Waals surface area contributed by atoms with Crippen LogP contribution in [0.1, 0.15) is 42.1 Å². The lowest BCUT2D eigenvalue weighted by Crippen LogP contribution is -2.39. The van der Waals surface area contributed by atoms with Gasteiger partial charge in [-0.1, -0.05) is 71.0 Å². The molecule has 0 bridgehead atoms. The number of allylic oxidation sites excluding steroid dienone is 1. The minimum Gasteiger partial charge on any atom is -0.493 e. The molecule has 5 rings (SSSR count). The molecule has 0 N–H and O–H groups in total. The van der Waals surface area contributed by atoms with E-state index in [1.807, 2.05) is 73.7 Å². The number of esters is 1. The quantitative estimate of drug-likeness (QED) is 0.259. The molecule has 1 aliphatic rings. The van der Waals surface area contributed by atoms with E-state index >= 15 is 0 Å². The number of rotatable bonds is 8. The summed E-state index contributed by atoms with van der Waals surface area (Å²) < 4.78 is 19.0. The summed E-state index contributed by atoms with van der Waals surface area (Å²) in [5.74, 6) is 0.624. The van der Waals surface area contributed by atoms with Gasteiger partial charge in [-0.25, -0.2) is 9.79 Å². The predicted octanol–water partition coefficient (Wildman–Crippen LogP) is 5.35. The van der Waals surface area contributed by atoms with Gasteiger partial charge in [-0.2, -0.15) is 0 Å². The van der Waals surface area contributed by atoms with Gasteiger partial charge in [0.2, 0.25) is 0 Å². The van der Waals surface area contributed by atoms with Crippen molar-refractivity contribution in [3.8, 4) is 11.5 Å². The Balaban J connectivity index is 1.54. The molecule has 0 saturated heterocycles. The van der Waals surface area contributed by atoms with Crippen LogP contribution in [0, 0.1) is 6.92 Å². The number of thiazole rings is 1. The predicted molar refractivity (Wildman–Crippen MR) is 160 cm³/mol. The zero-order valence-corrected chi connectivity index (χ0v) is 24.7. The van der Waals surface area contributed by atoms with Crippen LogP contribution in [0.5, 0.6) is 11.5 Å². The SMILES string of the molecule is CCOC(=O)C1=C(C)N=c2s/c(=C\c3ccc(OCc4cccc(Cl)c4)c(OC)c3)c(=O)n2[C@@H]1c1ccc(C)cc1. The largest absolute Gasteiger partial charge is 0.493 e. The molecular formula is C32H29ClN2O5S. The Bertz CT molecular complexity index is 1820. The van der Waals surface area contributed by atoms with Crippen molar-refractivity contribution in [3.63, 3.8) is 0 Å². The first-order valence-electron chi connectivity index (χ1n) is 13.1. The van der Waals surface area contributed by atoms with Crippen molar-refractivity contribution in [3.05, 3.63) is 125 Å². The van der Waals surface area contributed by atoms with Crippen LogP contribution in [0.4, 0.5) is 0 Å². The van der Waals surface area contributed by atoms with Crippen LogP contribution in [0.25, 0.3) is 6.08 Å². The van der Waals surface area contributed by atoms with Crippen LogP contribution in [-0.4, -0.2) is 24.3 Å². The molecule has 41 heavy (non-hydrogen) atoms. The molecule has 1 aromatic heterocycles. The molecule has 0 aliphatic carbocycles. The van der Waals surface area contributed by atoms with Gasteiger partial charge in [0.1, 0.15) is 6.61 Å². The van der Waals surface area contributed by atoms with Crippen molar-refractivity contribution in [2.75, 3.05) is 13.7 Å². The summed E-state index contributed by atoms with van der Waals surface area (Å²) in [5, 5.41) is 0.643. The van der Waals surface area contributed by atoms with Gasteiger partial charge < -0.3 is 14.2 Å². The topological polar surface area (TPSA) is 79.1 Å². The second-order valence-corrected chi connectivity index (χ2v) is 11.0. The van der Waals surface area contributed by atoms with E-state index in [1.54, 1.807) is 31.6 Å². The van der Waals surface area contributed by atoms with Gasteiger partial charge in [-0.3, -0.25) is 9.36 Å². The molecule has 210 valence electrons. The van der Waals surface area contributed by atoms with Crippen molar-refractivity contribution >= 4 is 35.0 Å². The molecule has 2 heterocycles. The minimum atomic E-state index is -0.648. The fraction of sp³-hybridized carbons (Fsp3) is 0.219. The van der Waals surface area contributed by atoms with Gasteiger partial charge >= 0.3 is 5.97 Å². The summed E-state index contributed by atoms with van der Waals surface area (Å²) >= 11 is 7.36. The average molecular weight is 589 g/mol. The highest BCUT2D eigenvalue weighted by molar-refractivity contribution is 7.07.